The van der Waals surface area contributed by atoms with E-state index in [1.165, 1.54) is 4.90 Å². The number of hydrogen-bond donors (Lipinski definition) is 0. The van der Waals surface area contributed by atoms with Crippen molar-refractivity contribution in [1.29, 1.82) is 5.26 Å². The van der Waals surface area contributed by atoms with Gasteiger partial charge in [-0.1, -0.05) is 26.0 Å². The number of piperazine rings is 1. The van der Waals surface area contributed by atoms with E-state index in [-0.39, 0.29) is 42.9 Å². The zero-order valence-electron chi connectivity index (χ0n) is 17.7. The minimum atomic E-state index is -4.02. The Morgan fingerprint density at radius 3 is 2.31 bits per heavy atom. The standard InChI is InChI=1S/C22H23F2N3O4S/c1-15(2)21(31-20-6-4-3-5-16(20)14-25)22(28)26-9-11-27(12-10-26)32(29,30)17-7-8-18(23)19(24)13-17/h3-8,13,15,21H,9-12H2,1-2H3. The van der Waals surface area contributed by atoms with Crippen LogP contribution >= 0.6 is 0 Å². The lowest BCUT2D eigenvalue weighted by molar-refractivity contribution is -0.141. The van der Waals surface area contributed by atoms with Gasteiger partial charge in [0.15, 0.2) is 17.7 Å². The van der Waals surface area contributed by atoms with Gasteiger partial charge >= 0.3 is 0 Å². The number of benzene rings is 2. The van der Waals surface area contributed by atoms with Crippen molar-refractivity contribution in [2.45, 2.75) is 24.8 Å². The van der Waals surface area contributed by atoms with Crippen LogP contribution in [0.15, 0.2) is 47.4 Å². The Hall–Kier alpha value is -3.03. The van der Waals surface area contributed by atoms with Gasteiger partial charge in [-0.25, -0.2) is 17.2 Å². The van der Waals surface area contributed by atoms with E-state index in [0.29, 0.717) is 17.4 Å². The topological polar surface area (TPSA) is 90.7 Å². The molecule has 0 aliphatic carbocycles. The lowest BCUT2D eigenvalue weighted by Crippen LogP contribution is -2.54. The van der Waals surface area contributed by atoms with E-state index in [1.54, 1.807) is 24.3 Å². The van der Waals surface area contributed by atoms with Crippen LogP contribution in [0, 0.1) is 28.9 Å². The third-order valence-corrected chi connectivity index (χ3v) is 7.08. The predicted octanol–water partition coefficient (Wildman–Crippen LogP) is 2.77. The molecule has 1 heterocycles. The average molecular weight is 464 g/mol. The average Bonchev–Trinajstić information content (AvgIpc) is 2.78. The van der Waals surface area contributed by atoms with Gasteiger partial charge < -0.3 is 9.64 Å². The molecule has 1 amide bonds. The highest BCUT2D eigenvalue weighted by Crippen LogP contribution is 2.24. The molecular weight excluding hydrogens is 440 g/mol. The fourth-order valence-electron chi connectivity index (χ4n) is 3.39. The van der Waals surface area contributed by atoms with Gasteiger partial charge in [0, 0.05) is 26.2 Å². The van der Waals surface area contributed by atoms with Crippen LogP contribution in [0.5, 0.6) is 5.75 Å². The van der Waals surface area contributed by atoms with Crippen LogP contribution in [0.2, 0.25) is 0 Å². The molecule has 0 saturated carbocycles. The Bertz CT molecular complexity index is 1140. The fraction of sp³-hybridized carbons (Fsp3) is 0.364. The van der Waals surface area contributed by atoms with Gasteiger partial charge in [0.1, 0.15) is 11.8 Å². The minimum absolute atomic E-state index is 0.00661. The van der Waals surface area contributed by atoms with Crippen LogP contribution in [-0.4, -0.2) is 55.8 Å². The minimum Gasteiger partial charge on any atom is -0.479 e. The van der Waals surface area contributed by atoms with E-state index in [9.17, 15) is 27.3 Å². The number of nitriles is 1. The summed E-state index contributed by atoms with van der Waals surface area (Å²) in [5, 5.41) is 9.26. The summed E-state index contributed by atoms with van der Waals surface area (Å²) in [4.78, 5) is 14.3. The fourth-order valence-corrected chi connectivity index (χ4v) is 4.82. The molecule has 1 aliphatic rings. The molecule has 32 heavy (non-hydrogen) atoms. The number of rotatable bonds is 6. The van der Waals surface area contributed by atoms with Crippen molar-refractivity contribution in [3.8, 4) is 11.8 Å². The summed E-state index contributed by atoms with van der Waals surface area (Å²) in [6, 6.07) is 11.1. The van der Waals surface area contributed by atoms with Crippen molar-refractivity contribution in [2.24, 2.45) is 5.92 Å². The van der Waals surface area contributed by atoms with Gasteiger partial charge in [-0.3, -0.25) is 4.79 Å². The molecule has 1 saturated heterocycles. The number of carbonyl (C=O) groups is 1. The third kappa shape index (κ3) is 4.89. The molecule has 0 aromatic heterocycles. The first kappa shape index (κ1) is 23.6. The molecule has 0 radical (unpaired) electrons. The molecule has 0 N–H and O–H groups in total. The second-order valence-corrected chi connectivity index (χ2v) is 9.63. The Kier molecular flexibility index (Phi) is 7.11. The molecule has 0 bridgehead atoms. The van der Waals surface area contributed by atoms with Crippen molar-refractivity contribution in [2.75, 3.05) is 26.2 Å². The molecule has 0 spiro atoms. The summed E-state index contributed by atoms with van der Waals surface area (Å²) in [5.74, 6) is -2.57. The Morgan fingerprint density at radius 2 is 1.72 bits per heavy atom. The normalized spacial score (nSPS) is 15.9. The summed E-state index contributed by atoms with van der Waals surface area (Å²) >= 11 is 0. The van der Waals surface area contributed by atoms with Crippen molar-refractivity contribution in [3.63, 3.8) is 0 Å². The molecule has 1 unspecified atom stereocenters. The molecule has 1 atom stereocenters. The van der Waals surface area contributed by atoms with E-state index < -0.39 is 27.8 Å². The quantitative estimate of drug-likeness (QED) is 0.657. The van der Waals surface area contributed by atoms with Crippen molar-refractivity contribution in [1.82, 2.24) is 9.21 Å². The number of amides is 1. The molecule has 1 fully saturated rings. The molecule has 3 rings (SSSR count). The lowest BCUT2D eigenvalue weighted by atomic mass is 10.1. The van der Waals surface area contributed by atoms with Crippen molar-refractivity contribution in [3.05, 3.63) is 59.7 Å². The van der Waals surface area contributed by atoms with Gasteiger partial charge in [-0.15, -0.1) is 0 Å². The van der Waals surface area contributed by atoms with E-state index in [1.807, 2.05) is 19.9 Å². The summed E-state index contributed by atoms with van der Waals surface area (Å²) < 4.78 is 59.2. The van der Waals surface area contributed by atoms with Crippen LogP contribution in [0.25, 0.3) is 0 Å². The number of halogens is 2. The van der Waals surface area contributed by atoms with E-state index in [4.69, 9.17) is 4.74 Å². The van der Waals surface area contributed by atoms with Gasteiger partial charge in [-0.05, 0) is 36.2 Å². The van der Waals surface area contributed by atoms with Crippen LogP contribution in [0.4, 0.5) is 8.78 Å². The third-order valence-electron chi connectivity index (χ3n) is 5.19. The SMILES string of the molecule is CC(C)C(Oc1ccccc1C#N)C(=O)N1CCN(S(=O)(=O)c2ccc(F)c(F)c2)CC1. The first-order valence-corrected chi connectivity index (χ1v) is 11.5. The summed E-state index contributed by atoms with van der Waals surface area (Å²) in [6.07, 6.45) is -0.848. The number of sulfonamides is 1. The van der Waals surface area contributed by atoms with Crippen molar-refractivity contribution < 1.29 is 26.7 Å². The largest absolute Gasteiger partial charge is 0.479 e. The maximum Gasteiger partial charge on any atom is 0.264 e. The first-order chi connectivity index (χ1) is 15.1. The summed E-state index contributed by atoms with van der Waals surface area (Å²) in [7, 11) is -4.02. The molecule has 170 valence electrons. The number of ether oxygens (including phenoxy) is 1. The molecule has 2 aromatic rings. The second kappa shape index (κ2) is 9.63. The van der Waals surface area contributed by atoms with Gasteiger partial charge in [0.25, 0.3) is 5.91 Å². The Labute approximate surface area is 185 Å². The monoisotopic (exact) mass is 463 g/mol. The molecule has 10 heteroatoms. The Balaban J connectivity index is 1.70. The van der Waals surface area contributed by atoms with Crippen LogP contribution in [-0.2, 0) is 14.8 Å². The molecular formula is C22H23F2N3O4S. The smallest absolute Gasteiger partial charge is 0.264 e. The maximum absolute atomic E-state index is 13.5. The van der Waals surface area contributed by atoms with E-state index in [0.717, 1.165) is 16.4 Å². The van der Waals surface area contributed by atoms with Gasteiger partial charge in [0.05, 0.1) is 10.5 Å². The van der Waals surface area contributed by atoms with Crippen LogP contribution in [0.3, 0.4) is 0 Å². The van der Waals surface area contributed by atoms with E-state index in [2.05, 4.69) is 0 Å². The molecule has 1 aliphatic heterocycles. The summed E-state index contributed by atoms with van der Waals surface area (Å²) in [6.45, 7) is 3.89. The number of nitrogens with zero attached hydrogens (tertiary/aromatic N) is 3. The highest BCUT2D eigenvalue weighted by Gasteiger charge is 2.35. The van der Waals surface area contributed by atoms with Gasteiger partial charge in [0.2, 0.25) is 10.0 Å². The molecule has 7 nitrogen and oxygen atoms in total. The zero-order chi connectivity index (χ0) is 23.5. The summed E-state index contributed by atoms with van der Waals surface area (Å²) in [5.41, 5.74) is 0.313. The highest BCUT2D eigenvalue weighted by atomic mass is 32.2. The van der Waals surface area contributed by atoms with Gasteiger partial charge in [-0.2, -0.15) is 9.57 Å². The van der Waals surface area contributed by atoms with Crippen molar-refractivity contribution >= 4 is 15.9 Å². The maximum atomic E-state index is 13.5. The van der Waals surface area contributed by atoms with Crippen LogP contribution < -0.4 is 4.74 Å². The second-order valence-electron chi connectivity index (χ2n) is 7.70. The Morgan fingerprint density at radius 1 is 1.06 bits per heavy atom. The molecule has 2 aromatic carbocycles. The highest BCUT2D eigenvalue weighted by molar-refractivity contribution is 7.89. The zero-order valence-corrected chi connectivity index (χ0v) is 18.5. The number of para-hydroxylation sites is 1. The predicted molar refractivity (Wildman–Crippen MR) is 112 cm³/mol. The van der Waals surface area contributed by atoms with Crippen LogP contribution in [0.1, 0.15) is 19.4 Å². The number of carbonyl (C=O) groups excluding carboxylic acids is 1. The van der Waals surface area contributed by atoms with E-state index >= 15 is 0 Å². The first-order valence-electron chi connectivity index (χ1n) is 10.0. The number of hydrogen-bond acceptors (Lipinski definition) is 5. The lowest BCUT2D eigenvalue weighted by Gasteiger charge is -2.36.